The molecule has 1 rings (SSSR count). The Bertz CT molecular complexity index is 296. The topological polar surface area (TPSA) is 75.3 Å². The first-order valence-electron chi connectivity index (χ1n) is 4.89. The highest BCUT2D eigenvalue weighted by molar-refractivity contribution is 7.10. The highest BCUT2D eigenvalue weighted by Crippen LogP contribution is 2.16. The van der Waals surface area contributed by atoms with E-state index in [1.165, 1.54) is 11.3 Å². The molecular weight excluding hydrogens is 212 g/mol. The van der Waals surface area contributed by atoms with E-state index in [2.05, 4.69) is 5.32 Å². The molecule has 0 aliphatic carbocycles. The third-order valence-electron chi connectivity index (χ3n) is 2.19. The van der Waals surface area contributed by atoms with E-state index in [9.17, 15) is 4.79 Å². The van der Waals surface area contributed by atoms with Crippen molar-refractivity contribution >= 4 is 17.2 Å². The molecule has 1 aromatic rings. The standard InChI is InChI=1S/C10H16N2O2S/c1-2-7(6-13)12-10(14)9(11)8-4-3-5-15-8/h3-5,7,9,13H,2,6,11H2,1H3,(H,12,14). The van der Waals surface area contributed by atoms with Crippen LogP contribution in [0.1, 0.15) is 24.3 Å². The van der Waals surface area contributed by atoms with Crippen LogP contribution in [0.3, 0.4) is 0 Å². The summed E-state index contributed by atoms with van der Waals surface area (Å²) in [7, 11) is 0. The number of aliphatic hydroxyl groups excluding tert-OH is 1. The molecule has 84 valence electrons. The number of thiophene rings is 1. The van der Waals surface area contributed by atoms with Gasteiger partial charge in [0.1, 0.15) is 6.04 Å². The lowest BCUT2D eigenvalue weighted by atomic mass is 10.2. The minimum Gasteiger partial charge on any atom is -0.394 e. The van der Waals surface area contributed by atoms with E-state index < -0.39 is 6.04 Å². The van der Waals surface area contributed by atoms with Gasteiger partial charge in [-0.05, 0) is 17.9 Å². The van der Waals surface area contributed by atoms with Gasteiger partial charge >= 0.3 is 0 Å². The maximum absolute atomic E-state index is 11.6. The summed E-state index contributed by atoms with van der Waals surface area (Å²) in [4.78, 5) is 12.5. The van der Waals surface area contributed by atoms with Gasteiger partial charge in [-0.3, -0.25) is 4.79 Å². The van der Waals surface area contributed by atoms with Crippen LogP contribution in [0.4, 0.5) is 0 Å². The molecule has 0 fully saturated rings. The van der Waals surface area contributed by atoms with Crippen molar-refractivity contribution in [1.29, 1.82) is 0 Å². The summed E-state index contributed by atoms with van der Waals surface area (Å²) in [6, 6.07) is 2.85. The summed E-state index contributed by atoms with van der Waals surface area (Å²) in [6.07, 6.45) is 0.694. The number of hydrogen-bond donors (Lipinski definition) is 3. The summed E-state index contributed by atoms with van der Waals surface area (Å²) in [5, 5.41) is 13.5. The van der Waals surface area contributed by atoms with E-state index in [1.54, 1.807) is 0 Å². The van der Waals surface area contributed by atoms with Crippen molar-refractivity contribution in [2.75, 3.05) is 6.61 Å². The van der Waals surface area contributed by atoms with Crippen LogP contribution in [0.25, 0.3) is 0 Å². The lowest BCUT2D eigenvalue weighted by Crippen LogP contribution is -2.42. The van der Waals surface area contributed by atoms with E-state index >= 15 is 0 Å². The Balaban J connectivity index is 2.53. The van der Waals surface area contributed by atoms with Crippen LogP contribution in [0.15, 0.2) is 17.5 Å². The molecule has 0 saturated heterocycles. The average Bonchev–Trinajstić information content (AvgIpc) is 2.77. The molecule has 0 aliphatic rings. The van der Waals surface area contributed by atoms with Crippen LogP contribution in [-0.4, -0.2) is 23.7 Å². The molecule has 0 bridgehead atoms. The zero-order valence-corrected chi connectivity index (χ0v) is 9.46. The number of nitrogens with one attached hydrogen (secondary N) is 1. The van der Waals surface area contributed by atoms with Gasteiger partial charge in [0.15, 0.2) is 0 Å². The highest BCUT2D eigenvalue weighted by atomic mass is 32.1. The van der Waals surface area contributed by atoms with Gasteiger partial charge in [-0.25, -0.2) is 0 Å². The molecule has 5 heteroatoms. The van der Waals surface area contributed by atoms with Gasteiger partial charge < -0.3 is 16.2 Å². The first kappa shape index (κ1) is 12.2. The van der Waals surface area contributed by atoms with Gasteiger partial charge in [-0.2, -0.15) is 0 Å². The fraction of sp³-hybridized carbons (Fsp3) is 0.500. The van der Waals surface area contributed by atoms with Crippen molar-refractivity contribution in [3.63, 3.8) is 0 Å². The molecule has 0 aromatic carbocycles. The van der Waals surface area contributed by atoms with Crippen molar-refractivity contribution < 1.29 is 9.90 Å². The SMILES string of the molecule is CCC(CO)NC(=O)C(N)c1cccs1. The Morgan fingerprint density at radius 1 is 1.73 bits per heavy atom. The molecule has 15 heavy (non-hydrogen) atoms. The van der Waals surface area contributed by atoms with Crippen LogP contribution in [0, 0.1) is 0 Å². The first-order chi connectivity index (χ1) is 7.19. The first-order valence-corrected chi connectivity index (χ1v) is 5.77. The van der Waals surface area contributed by atoms with Crippen LogP contribution in [0.2, 0.25) is 0 Å². The second kappa shape index (κ2) is 5.85. The fourth-order valence-electron chi connectivity index (χ4n) is 1.17. The van der Waals surface area contributed by atoms with E-state index in [1.807, 2.05) is 24.4 Å². The largest absolute Gasteiger partial charge is 0.394 e. The van der Waals surface area contributed by atoms with Gasteiger partial charge in [-0.15, -0.1) is 11.3 Å². The number of carbonyl (C=O) groups excluding carboxylic acids is 1. The van der Waals surface area contributed by atoms with E-state index in [-0.39, 0.29) is 18.6 Å². The Labute approximate surface area is 93.1 Å². The Morgan fingerprint density at radius 2 is 2.47 bits per heavy atom. The molecule has 0 saturated carbocycles. The summed E-state index contributed by atoms with van der Waals surface area (Å²) in [5.74, 6) is -0.238. The normalized spacial score (nSPS) is 14.6. The summed E-state index contributed by atoms with van der Waals surface area (Å²) >= 11 is 1.45. The number of amides is 1. The van der Waals surface area contributed by atoms with Crippen molar-refractivity contribution in [1.82, 2.24) is 5.32 Å². The van der Waals surface area contributed by atoms with Gasteiger partial charge in [0, 0.05) is 4.88 Å². The van der Waals surface area contributed by atoms with Crippen LogP contribution < -0.4 is 11.1 Å². The van der Waals surface area contributed by atoms with Crippen molar-refractivity contribution in [3.8, 4) is 0 Å². The Morgan fingerprint density at radius 3 is 2.93 bits per heavy atom. The molecule has 0 spiro atoms. The molecular formula is C10H16N2O2S. The molecule has 4 N–H and O–H groups in total. The third kappa shape index (κ3) is 3.30. The molecule has 4 nitrogen and oxygen atoms in total. The van der Waals surface area contributed by atoms with E-state index in [4.69, 9.17) is 10.8 Å². The van der Waals surface area contributed by atoms with Gasteiger partial charge in [0.05, 0.1) is 12.6 Å². The van der Waals surface area contributed by atoms with E-state index in [0.29, 0.717) is 6.42 Å². The minimum atomic E-state index is -0.634. The summed E-state index contributed by atoms with van der Waals surface area (Å²) < 4.78 is 0. The predicted octanol–water partition coefficient (Wildman–Crippen LogP) is 0.635. The number of aliphatic hydroxyl groups is 1. The zero-order valence-electron chi connectivity index (χ0n) is 8.64. The lowest BCUT2D eigenvalue weighted by molar-refractivity contribution is -0.123. The number of rotatable bonds is 5. The van der Waals surface area contributed by atoms with Crippen molar-refractivity contribution in [2.24, 2.45) is 5.73 Å². The van der Waals surface area contributed by atoms with Crippen molar-refractivity contribution in [2.45, 2.75) is 25.4 Å². The number of nitrogens with two attached hydrogens (primary N) is 1. The molecule has 1 aromatic heterocycles. The Kier molecular flexibility index (Phi) is 4.74. The van der Waals surface area contributed by atoms with Crippen LogP contribution in [-0.2, 0) is 4.79 Å². The van der Waals surface area contributed by atoms with Crippen LogP contribution in [0.5, 0.6) is 0 Å². The molecule has 1 heterocycles. The second-order valence-corrected chi connectivity index (χ2v) is 4.27. The van der Waals surface area contributed by atoms with Gasteiger partial charge in [0.25, 0.3) is 0 Å². The smallest absolute Gasteiger partial charge is 0.242 e. The average molecular weight is 228 g/mol. The van der Waals surface area contributed by atoms with E-state index in [0.717, 1.165) is 4.88 Å². The maximum Gasteiger partial charge on any atom is 0.242 e. The van der Waals surface area contributed by atoms with Crippen molar-refractivity contribution in [3.05, 3.63) is 22.4 Å². The number of hydrogen-bond acceptors (Lipinski definition) is 4. The van der Waals surface area contributed by atoms with Gasteiger partial charge in [0.2, 0.25) is 5.91 Å². The maximum atomic E-state index is 11.6. The van der Waals surface area contributed by atoms with Gasteiger partial charge in [-0.1, -0.05) is 13.0 Å². The quantitative estimate of drug-likeness (QED) is 0.692. The third-order valence-corrected chi connectivity index (χ3v) is 3.15. The lowest BCUT2D eigenvalue weighted by Gasteiger charge is -2.16. The minimum absolute atomic E-state index is 0.0562. The molecule has 2 atom stereocenters. The fourth-order valence-corrected chi connectivity index (χ4v) is 1.89. The zero-order chi connectivity index (χ0) is 11.3. The summed E-state index contributed by atoms with van der Waals surface area (Å²) in [6.45, 7) is 1.84. The monoisotopic (exact) mass is 228 g/mol. The molecule has 0 aliphatic heterocycles. The Hall–Kier alpha value is -0.910. The molecule has 0 radical (unpaired) electrons. The predicted molar refractivity (Wildman–Crippen MR) is 60.6 cm³/mol. The van der Waals surface area contributed by atoms with Crippen LogP contribution >= 0.6 is 11.3 Å². The second-order valence-electron chi connectivity index (χ2n) is 3.29. The summed E-state index contributed by atoms with van der Waals surface area (Å²) in [5.41, 5.74) is 5.76. The number of carbonyl (C=O) groups is 1. The molecule has 2 unspecified atom stereocenters. The molecule has 1 amide bonds. The highest BCUT2D eigenvalue weighted by Gasteiger charge is 2.18.